The second kappa shape index (κ2) is 38.7. The molecule has 5 N–H and O–H groups in total. The van der Waals surface area contributed by atoms with Gasteiger partial charge in [0, 0.05) is 159 Å². The number of ether oxygens (including phenoxy) is 3. The van der Waals surface area contributed by atoms with Crippen LogP contribution in [0.3, 0.4) is 0 Å². The number of phenolic OH excluding ortho intramolecular Hbond substituents is 1. The number of benzene rings is 8. The molecule has 4 atom stereocenters. The topological polar surface area (TPSA) is 155 Å². The Labute approximate surface area is 665 Å². The average Bonchev–Trinajstić information content (AvgIpc) is 1.67. The molecule has 0 radical (unpaired) electrons. The molecule has 4 fully saturated rings. The summed E-state index contributed by atoms with van der Waals surface area (Å²) in [5, 5.41) is 62.1. The van der Waals surface area contributed by atoms with Crippen molar-refractivity contribution in [3.8, 4) is 23.0 Å². The Morgan fingerprint density at radius 1 is 0.327 bits per heavy atom. The Morgan fingerprint density at radius 3 is 1.02 bits per heavy atom. The molecule has 16 rings (SSSR count). The van der Waals surface area contributed by atoms with E-state index in [2.05, 4.69) is 180 Å². The first-order valence-corrected chi connectivity index (χ1v) is 42.3. The maximum absolute atomic E-state index is 10.9. The first-order chi connectivity index (χ1) is 53.7. The molecule has 8 heterocycles. The number of anilines is 4. The fourth-order valence-corrected chi connectivity index (χ4v) is 20.2. The minimum absolute atomic E-state index is 0.348. The lowest BCUT2D eigenvalue weighted by molar-refractivity contribution is 0.140. The third kappa shape index (κ3) is 19.8. The number of hydrogen-bond donors (Lipinski definition) is 5. The molecule has 4 aliphatic rings. The molecule has 4 unspecified atom stereocenters. The lowest BCUT2D eigenvalue weighted by Gasteiger charge is -2.36. The van der Waals surface area contributed by atoms with E-state index in [0.717, 1.165) is 200 Å². The third-order valence-corrected chi connectivity index (χ3v) is 26.9. The standard InChI is InChI=1S/C24H30N2O2S.C23H28N2O2S.C22H26N2O2S.C21H24N2O2S/c1-17-8-9-23-19(16-17)18(2)24(29-23)21(27)10-11-25-12-14-26(15-13-25)20-6-4-5-7-22(20)28-3;1-17-18-7-3-6-10-22(18)28-23(17)20(26)11-12-24-13-15-25(16-14-24)19-8-4-5-9-21(19)27-2;1-26-21-8-4-3-7-19(21)24-14-12-23(13-15-24)11-10-20(25)18-16-27-22-9-5-2-6-17(18)22;24-19(17-15-26-21-8-4-1-5-16(17)21)9-10-22-11-13-23(14-12-22)18-6-2-3-7-20(18)25/h4-9,16,21,27H,10-15H2,1-3H3;3-10,20,26H,11-16H2,1-2H3;2-9,16,20,25H,10-15H2,1H3;1-8,15,19,24-25H,9-14H2. The highest BCUT2D eigenvalue weighted by Crippen LogP contribution is 2.41. The van der Waals surface area contributed by atoms with Gasteiger partial charge in [0.1, 0.15) is 23.0 Å². The molecular formula is C90H108N8O8S4. The third-order valence-electron chi connectivity index (χ3n) is 22.2. The van der Waals surface area contributed by atoms with Gasteiger partial charge in [0.05, 0.1) is 68.5 Å². The van der Waals surface area contributed by atoms with Crippen molar-refractivity contribution in [1.29, 1.82) is 0 Å². The highest BCUT2D eigenvalue weighted by atomic mass is 32.1. The molecule has 0 saturated carbocycles. The Hall–Kier alpha value is -8.32. The van der Waals surface area contributed by atoms with Crippen molar-refractivity contribution in [2.75, 3.05) is 172 Å². The van der Waals surface area contributed by atoms with Gasteiger partial charge in [-0.15, -0.1) is 45.3 Å². The lowest BCUT2D eigenvalue weighted by atomic mass is 10.1. The zero-order valence-electron chi connectivity index (χ0n) is 64.5. The molecule has 0 bridgehead atoms. The molecule has 20 heteroatoms. The van der Waals surface area contributed by atoms with Crippen molar-refractivity contribution in [3.63, 3.8) is 0 Å². The summed E-state index contributed by atoms with van der Waals surface area (Å²) in [6.07, 6.45) is 1.50. The quantitative estimate of drug-likeness (QED) is 0.0412. The molecule has 4 saturated heterocycles. The highest BCUT2D eigenvalue weighted by Gasteiger charge is 2.27. The van der Waals surface area contributed by atoms with Gasteiger partial charge in [-0.2, -0.15) is 0 Å². The van der Waals surface area contributed by atoms with Crippen LogP contribution >= 0.6 is 45.3 Å². The van der Waals surface area contributed by atoms with Crippen molar-refractivity contribution in [2.24, 2.45) is 0 Å². The average molecular weight is 1560 g/mol. The van der Waals surface area contributed by atoms with Crippen LogP contribution in [0.15, 0.2) is 199 Å². The number of phenols is 1. The van der Waals surface area contributed by atoms with Crippen LogP contribution in [0, 0.1) is 20.8 Å². The Bertz CT molecular complexity index is 4880. The summed E-state index contributed by atoms with van der Waals surface area (Å²) in [7, 11) is 5.19. The number of nitrogens with zero attached hydrogens (tertiary/aromatic N) is 8. The summed E-state index contributed by atoms with van der Waals surface area (Å²) in [6.45, 7) is 25.7. The van der Waals surface area contributed by atoms with E-state index in [-0.39, 0.29) is 12.2 Å². The largest absolute Gasteiger partial charge is 0.506 e. The number of para-hydroxylation sites is 8. The van der Waals surface area contributed by atoms with E-state index >= 15 is 0 Å². The molecule has 16 nitrogen and oxygen atoms in total. The number of piperazine rings is 4. The van der Waals surface area contributed by atoms with Crippen LogP contribution < -0.4 is 33.8 Å². The van der Waals surface area contributed by atoms with Crippen molar-refractivity contribution in [3.05, 3.63) is 236 Å². The second-order valence-corrected chi connectivity index (χ2v) is 33.1. The molecular weight excluding hydrogens is 1450 g/mol. The molecule has 4 aromatic heterocycles. The monoisotopic (exact) mass is 1560 g/mol. The van der Waals surface area contributed by atoms with E-state index < -0.39 is 12.2 Å². The van der Waals surface area contributed by atoms with Crippen LogP contribution in [0.25, 0.3) is 40.3 Å². The Kier molecular flexibility index (Phi) is 28.1. The summed E-state index contributed by atoms with van der Waals surface area (Å²) in [4.78, 5) is 21.4. The van der Waals surface area contributed by atoms with Crippen LogP contribution in [0.1, 0.15) is 87.7 Å². The molecule has 4 aliphatic heterocycles. The van der Waals surface area contributed by atoms with Crippen LogP contribution in [0.2, 0.25) is 0 Å². The van der Waals surface area contributed by atoms with Gasteiger partial charge in [-0.05, 0) is 174 Å². The minimum Gasteiger partial charge on any atom is -0.506 e. The van der Waals surface area contributed by atoms with Crippen molar-refractivity contribution in [2.45, 2.75) is 70.9 Å². The van der Waals surface area contributed by atoms with Gasteiger partial charge in [0.2, 0.25) is 0 Å². The Morgan fingerprint density at radius 2 is 0.636 bits per heavy atom. The van der Waals surface area contributed by atoms with E-state index in [9.17, 15) is 25.5 Å². The number of fused-ring (bicyclic) bond motifs is 4. The number of aromatic hydroxyl groups is 1. The van der Waals surface area contributed by atoms with Gasteiger partial charge < -0.3 is 59.3 Å². The van der Waals surface area contributed by atoms with Crippen LogP contribution in [0.4, 0.5) is 22.7 Å². The summed E-state index contributed by atoms with van der Waals surface area (Å²) < 4.78 is 21.5. The van der Waals surface area contributed by atoms with Gasteiger partial charge in [-0.1, -0.05) is 121 Å². The van der Waals surface area contributed by atoms with Crippen LogP contribution in [-0.2, 0) is 0 Å². The fourth-order valence-electron chi connectivity index (χ4n) is 15.7. The SMILES string of the molecule is COc1ccccc1N1CCN(CCC(O)c2csc3ccccc23)CC1.COc1ccccc1N1CCN(CCC(O)c2sc3ccc(C)cc3c2C)CC1.COc1ccccc1N1CCN(CCC(O)c2sc3ccccc3c2C)CC1.Oc1ccccc1N1CCN(CCC(O)c2csc3ccccc23)CC1. The number of aryl methyl sites for hydroxylation is 3. The maximum Gasteiger partial charge on any atom is 0.142 e. The second-order valence-electron chi connectivity index (χ2n) is 29.1. The van der Waals surface area contributed by atoms with E-state index in [0.29, 0.717) is 5.75 Å². The van der Waals surface area contributed by atoms with E-state index in [1.54, 1.807) is 72.7 Å². The molecule has 0 amide bonds. The zero-order chi connectivity index (χ0) is 76.5. The molecule has 0 aliphatic carbocycles. The predicted molar refractivity (Wildman–Crippen MR) is 462 cm³/mol. The van der Waals surface area contributed by atoms with Gasteiger partial charge in [0.15, 0.2) is 0 Å². The van der Waals surface area contributed by atoms with Crippen molar-refractivity contribution in [1.82, 2.24) is 19.6 Å². The fraction of sp³-hybridized carbons (Fsp3) is 0.378. The summed E-state index contributed by atoms with van der Waals surface area (Å²) in [5.41, 5.74) is 10.3. The molecule has 110 heavy (non-hydrogen) atoms. The Balaban J connectivity index is 0.000000129. The number of methoxy groups -OCH3 is 3. The predicted octanol–water partition coefficient (Wildman–Crippen LogP) is 17.2. The number of thiophene rings is 4. The maximum atomic E-state index is 10.9. The van der Waals surface area contributed by atoms with Crippen LogP contribution in [0.5, 0.6) is 23.0 Å². The number of rotatable bonds is 23. The van der Waals surface area contributed by atoms with Crippen LogP contribution in [-0.4, -0.2) is 197 Å². The highest BCUT2D eigenvalue weighted by molar-refractivity contribution is 7.20. The molecule has 8 aromatic carbocycles. The van der Waals surface area contributed by atoms with Gasteiger partial charge in [-0.3, -0.25) is 19.6 Å². The first-order valence-electron chi connectivity index (χ1n) is 38.9. The minimum atomic E-state index is -0.414. The number of aliphatic hydroxyl groups is 4. The van der Waals surface area contributed by atoms with Gasteiger partial charge >= 0.3 is 0 Å². The van der Waals surface area contributed by atoms with E-state index in [1.807, 2.05) is 72.8 Å². The summed E-state index contributed by atoms with van der Waals surface area (Å²) >= 11 is 6.88. The number of aliphatic hydroxyl groups excluding tert-OH is 4. The summed E-state index contributed by atoms with van der Waals surface area (Å²) in [6, 6.07) is 63.7. The van der Waals surface area contributed by atoms with Crippen molar-refractivity contribution < 1.29 is 39.7 Å². The van der Waals surface area contributed by atoms with Gasteiger partial charge in [0.25, 0.3) is 0 Å². The smallest absolute Gasteiger partial charge is 0.142 e. The molecule has 580 valence electrons. The zero-order valence-corrected chi connectivity index (χ0v) is 67.8. The normalized spacial score (nSPS) is 16.6. The number of hydrogen-bond acceptors (Lipinski definition) is 20. The van der Waals surface area contributed by atoms with E-state index in [4.69, 9.17) is 14.2 Å². The van der Waals surface area contributed by atoms with Crippen molar-refractivity contribution >= 4 is 108 Å². The summed E-state index contributed by atoms with van der Waals surface area (Å²) in [5.74, 6) is 3.16. The lowest BCUT2D eigenvalue weighted by Crippen LogP contribution is -2.46. The first kappa shape index (κ1) is 79.8. The molecule has 12 aromatic rings. The molecule has 0 spiro atoms. The van der Waals surface area contributed by atoms with Gasteiger partial charge in [-0.25, -0.2) is 0 Å². The van der Waals surface area contributed by atoms with E-state index in [1.165, 1.54) is 74.1 Å².